The Bertz CT molecular complexity index is 830. The second kappa shape index (κ2) is 6.69. The van der Waals surface area contributed by atoms with Gasteiger partial charge in [-0.15, -0.1) is 0 Å². The third-order valence-corrected chi connectivity index (χ3v) is 3.61. The Balaban J connectivity index is 1.80. The molecule has 122 valence electrons. The Kier molecular flexibility index (Phi) is 4.45. The smallest absolute Gasteiger partial charge is 0.356 e. The van der Waals surface area contributed by atoms with Gasteiger partial charge in [0.25, 0.3) is 0 Å². The minimum absolute atomic E-state index is 0.0199. The molecule has 1 aliphatic heterocycles. The lowest BCUT2D eigenvalue weighted by Gasteiger charge is -2.25. The number of nitrogens with zero attached hydrogens (tertiary/aromatic N) is 1. The quantitative estimate of drug-likeness (QED) is 0.628. The molecule has 2 aromatic rings. The monoisotopic (exact) mass is 345 g/mol. The van der Waals surface area contributed by atoms with E-state index in [2.05, 4.69) is 0 Å². The first-order valence-electron chi connectivity index (χ1n) is 7.00. The third-order valence-electron chi connectivity index (χ3n) is 3.33. The number of benzene rings is 2. The van der Waals surface area contributed by atoms with Crippen LogP contribution in [-0.2, 0) is 4.79 Å². The predicted molar refractivity (Wildman–Crippen MR) is 84.7 cm³/mol. The van der Waals surface area contributed by atoms with Crippen molar-refractivity contribution in [1.29, 1.82) is 5.26 Å². The molecule has 0 saturated heterocycles. The number of esters is 1. The highest BCUT2D eigenvalue weighted by atomic mass is 35.5. The number of nitriles is 1. The summed E-state index contributed by atoms with van der Waals surface area (Å²) in [4.78, 5) is 12.3. The average molecular weight is 346 g/mol. The number of para-hydroxylation sites is 2. The Morgan fingerprint density at radius 1 is 1.33 bits per heavy atom. The van der Waals surface area contributed by atoms with Crippen LogP contribution >= 0.6 is 11.6 Å². The molecule has 0 unspecified atom stereocenters. The van der Waals surface area contributed by atoms with Crippen LogP contribution in [0.25, 0.3) is 0 Å². The molecule has 0 N–H and O–H groups in total. The summed E-state index contributed by atoms with van der Waals surface area (Å²) >= 11 is 6.08. The number of fused-ring (bicyclic) bond motifs is 1. The van der Waals surface area contributed by atoms with Crippen molar-refractivity contribution in [3.63, 3.8) is 0 Å². The molecular formula is C17H12ClNO5. The first kappa shape index (κ1) is 16.0. The standard InChI is InChI=1S/C17H12ClNO5/c1-21-14-7-10(8-19)6-11(18)16(14)24-17(20)15-9-22-12-4-2-3-5-13(12)23-15/h2-7,15H,9H2,1H3/t15-/m0/s1. The zero-order valence-corrected chi connectivity index (χ0v) is 13.4. The summed E-state index contributed by atoms with van der Waals surface area (Å²) in [7, 11) is 1.39. The summed E-state index contributed by atoms with van der Waals surface area (Å²) in [6, 6.07) is 11.8. The van der Waals surface area contributed by atoms with Crippen LogP contribution in [0.15, 0.2) is 36.4 Å². The molecule has 0 saturated carbocycles. The molecule has 1 heterocycles. The van der Waals surface area contributed by atoms with Crippen LogP contribution in [0, 0.1) is 11.3 Å². The van der Waals surface area contributed by atoms with Gasteiger partial charge in [-0.3, -0.25) is 0 Å². The van der Waals surface area contributed by atoms with Crippen LogP contribution in [0.2, 0.25) is 5.02 Å². The topological polar surface area (TPSA) is 77.8 Å². The Labute approximate surface area is 143 Å². The molecule has 0 fully saturated rings. The number of halogens is 1. The van der Waals surface area contributed by atoms with E-state index in [1.165, 1.54) is 19.2 Å². The Hall–Kier alpha value is -2.91. The van der Waals surface area contributed by atoms with Crippen LogP contribution in [0.1, 0.15) is 5.56 Å². The molecule has 0 aliphatic carbocycles. The average Bonchev–Trinajstić information content (AvgIpc) is 2.62. The summed E-state index contributed by atoms with van der Waals surface area (Å²) in [5.41, 5.74) is 0.294. The predicted octanol–water partition coefficient (Wildman–Crippen LogP) is 2.97. The maximum atomic E-state index is 12.3. The number of rotatable bonds is 3. The largest absolute Gasteiger partial charge is 0.493 e. The molecule has 24 heavy (non-hydrogen) atoms. The van der Waals surface area contributed by atoms with Crippen LogP contribution < -0.4 is 18.9 Å². The number of hydrogen-bond acceptors (Lipinski definition) is 6. The first-order valence-corrected chi connectivity index (χ1v) is 7.38. The molecule has 0 radical (unpaired) electrons. The van der Waals surface area contributed by atoms with E-state index in [1.807, 2.05) is 12.1 Å². The lowest BCUT2D eigenvalue weighted by Crippen LogP contribution is -2.39. The van der Waals surface area contributed by atoms with Crippen molar-refractivity contribution in [2.24, 2.45) is 0 Å². The molecule has 1 aliphatic rings. The number of carbonyl (C=O) groups is 1. The van der Waals surface area contributed by atoms with Gasteiger partial charge in [-0.05, 0) is 18.2 Å². The lowest BCUT2D eigenvalue weighted by molar-refractivity contribution is -0.144. The summed E-state index contributed by atoms with van der Waals surface area (Å²) in [5.74, 6) is 0.573. The molecule has 0 bridgehead atoms. The van der Waals surface area contributed by atoms with Crippen molar-refractivity contribution in [2.45, 2.75) is 6.10 Å². The Morgan fingerprint density at radius 3 is 2.79 bits per heavy atom. The van der Waals surface area contributed by atoms with Gasteiger partial charge in [-0.25, -0.2) is 4.79 Å². The van der Waals surface area contributed by atoms with Crippen molar-refractivity contribution < 1.29 is 23.7 Å². The maximum Gasteiger partial charge on any atom is 0.356 e. The molecule has 3 rings (SSSR count). The summed E-state index contributed by atoms with van der Waals surface area (Å²) < 4.78 is 21.5. The third kappa shape index (κ3) is 3.07. The fraction of sp³-hybridized carbons (Fsp3) is 0.176. The van der Waals surface area contributed by atoms with Crippen molar-refractivity contribution >= 4 is 17.6 Å². The van der Waals surface area contributed by atoms with Gasteiger partial charge in [0.15, 0.2) is 23.0 Å². The number of ether oxygens (including phenoxy) is 4. The van der Waals surface area contributed by atoms with Crippen LogP contribution in [-0.4, -0.2) is 25.8 Å². The zero-order chi connectivity index (χ0) is 17.1. The summed E-state index contributed by atoms with van der Waals surface area (Å²) in [5, 5.41) is 9.04. The van der Waals surface area contributed by atoms with Gasteiger partial charge in [0.2, 0.25) is 6.10 Å². The van der Waals surface area contributed by atoms with Gasteiger partial charge in [0, 0.05) is 6.07 Å². The van der Waals surface area contributed by atoms with Gasteiger partial charge in [-0.1, -0.05) is 23.7 Å². The molecule has 2 aromatic carbocycles. The van der Waals surface area contributed by atoms with Gasteiger partial charge in [0.1, 0.15) is 6.61 Å². The van der Waals surface area contributed by atoms with Crippen LogP contribution in [0.5, 0.6) is 23.0 Å². The highest BCUT2D eigenvalue weighted by molar-refractivity contribution is 6.32. The number of carbonyl (C=O) groups excluding carboxylic acids is 1. The number of methoxy groups -OCH3 is 1. The molecule has 7 heteroatoms. The SMILES string of the molecule is COc1cc(C#N)cc(Cl)c1OC(=O)[C@@H]1COc2ccccc2O1. The van der Waals surface area contributed by atoms with E-state index >= 15 is 0 Å². The Morgan fingerprint density at radius 2 is 2.08 bits per heavy atom. The minimum atomic E-state index is -0.934. The highest BCUT2D eigenvalue weighted by Gasteiger charge is 2.30. The van der Waals surface area contributed by atoms with E-state index in [9.17, 15) is 4.79 Å². The molecule has 1 atom stereocenters. The summed E-state index contributed by atoms with van der Waals surface area (Å²) in [6.45, 7) is 0.0199. The van der Waals surface area contributed by atoms with Crippen LogP contribution in [0.3, 0.4) is 0 Å². The second-order valence-electron chi connectivity index (χ2n) is 4.89. The summed E-state index contributed by atoms with van der Waals surface area (Å²) in [6.07, 6.45) is -0.934. The highest BCUT2D eigenvalue weighted by Crippen LogP contribution is 2.37. The minimum Gasteiger partial charge on any atom is -0.493 e. The normalized spacial score (nSPS) is 15.3. The fourth-order valence-corrected chi connectivity index (χ4v) is 2.43. The van der Waals surface area contributed by atoms with Crippen molar-refractivity contribution in [1.82, 2.24) is 0 Å². The molecule has 0 amide bonds. The molecule has 0 spiro atoms. The fourth-order valence-electron chi connectivity index (χ4n) is 2.19. The lowest BCUT2D eigenvalue weighted by atomic mass is 10.2. The van der Waals surface area contributed by atoms with E-state index in [-0.39, 0.29) is 23.1 Å². The van der Waals surface area contributed by atoms with Gasteiger partial charge in [-0.2, -0.15) is 5.26 Å². The van der Waals surface area contributed by atoms with Gasteiger partial charge >= 0.3 is 5.97 Å². The molecule has 6 nitrogen and oxygen atoms in total. The van der Waals surface area contributed by atoms with E-state index in [0.717, 1.165) is 0 Å². The van der Waals surface area contributed by atoms with E-state index < -0.39 is 12.1 Å². The van der Waals surface area contributed by atoms with Crippen molar-refractivity contribution in [3.8, 4) is 29.1 Å². The van der Waals surface area contributed by atoms with Gasteiger partial charge < -0.3 is 18.9 Å². The van der Waals surface area contributed by atoms with E-state index in [0.29, 0.717) is 17.1 Å². The second-order valence-corrected chi connectivity index (χ2v) is 5.29. The van der Waals surface area contributed by atoms with Gasteiger partial charge in [0.05, 0.1) is 23.8 Å². The van der Waals surface area contributed by atoms with Crippen LogP contribution in [0.4, 0.5) is 0 Å². The zero-order valence-electron chi connectivity index (χ0n) is 12.6. The molecular weight excluding hydrogens is 334 g/mol. The van der Waals surface area contributed by atoms with Crippen molar-refractivity contribution in [2.75, 3.05) is 13.7 Å². The first-order chi connectivity index (χ1) is 11.6. The van der Waals surface area contributed by atoms with Crippen molar-refractivity contribution in [3.05, 3.63) is 47.0 Å². The van der Waals surface area contributed by atoms with E-state index in [1.54, 1.807) is 18.2 Å². The molecule has 0 aromatic heterocycles. The number of hydrogen-bond donors (Lipinski definition) is 0. The maximum absolute atomic E-state index is 12.3. The van der Waals surface area contributed by atoms with E-state index in [4.69, 9.17) is 35.8 Å².